The first kappa shape index (κ1) is 19.0. The number of aryl methyl sites for hydroxylation is 1. The van der Waals surface area contributed by atoms with E-state index in [4.69, 9.17) is 0 Å². The number of pyridine rings is 2. The molecule has 0 spiro atoms. The van der Waals surface area contributed by atoms with Gasteiger partial charge in [-0.05, 0) is 48.9 Å². The van der Waals surface area contributed by atoms with Crippen LogP contribution in [0.5, 0.6) is 0 Å². The van der Waals surface area contributed by atoms with Gasteiger partial charge in [0, 0.05) is 42.5 Å². The minimum Gasteiger partial charge on any atom is -0.233 e. The van der Waals surface area contributed by atoms with Gasteiger partial charge in [-0.15, -0.1) is 0 Å². The molecule has 1 aromatic carbocycles. The highest BCUT2D eigenvalue weighted by atomic mass is 32.2. The zero-order valence-electron chi connectivity index (χ0n) is 15.5. The second-order valence-corrected chi connectivity index (χ2v) is 10.9. The summed E-state index contributed by atoms with van der Waals surface area (Å²) in [5.74, 6) is 0. The molecule has 1 aliphatic heterocycles. The lowest BCUT2D eigenvalue weighted by molar-refractivity contribution is 0.388. The fourth-order valence-corrected chi connectivity index (χ4v) is 5.51. The Hall–Kier alpha value is -2.36. The zero-order valence-corrected chi connectivity index (χ0v) is 17.1. The van der Waals surface area contributed by atoms with Gasteiger partial charge in [-0.25, -0.2) is 26.8 Å². The Morgan fingerprint density at radius 2 is 1.71 bits per heavy atom. The Balaban J connectivity index is 1.71. The maximum Gasteiger partial charge on any atom is 0.243 e. The topological polar surface area (TPSA) is 97.3 Å². The highest BCUT2D eigenvalue weighted by molar-refractivity contribution is 7.91. The monoisotopic (exact) mass is 417 g/mol. The van der Waals surface area contributed by atoms with E-state index in [0.717, 1.165) is 28.6 Å². The van der Waals surface area contributed by atoms with Crippen LogP contribution in [0.3, 0.4) is 0 Å². The zero-order chi connectivity index (χ0) is 20.1. The van der Waals surface area contributed by atoms with E-state index in [0.29, 0.717) is 12.1 Å². The smallest absolute Gasteiger partial charge is 0.233 e. The Labute approximate surface area is 164 Å². The molecule has 0 aliphatic carbocycles. The fraction of sp³-hybridized carbons (Fsp3) is 0.263. The lowest BCUT2D eigenvalue weighted by Crippen LogP contribution is -2.36. The highest BCUT2D eigenvalue weighted by Gasteiger charge is 2.30. The van der Waals surface area contributed by atoms with Crippen LogP contribution in [0, 0.1) is 6.92 Å². The molecular formula is C19H19N3O4S2. The molecule has 0 unspecified atom stereocenters. The SMILES string of the molecule is Cc1ccc2cc3c(nc2n1)CCN(S(=O)(=O)c1cccc(S(C)(=O)=O)c1)C3. The molecule has 2 aromatic heterocycles. The van der Waals surface area contributed by atoms with Gasteiger partial charge in [0.15, 0.2) is 15.5 Å². The van der Waals surface area contributed by atoms with Gasteiger partial charge in [0.2, 0.25) is 10.0 Å². The molecule has 7 nitrogen and oxygen atoms in total. The first-order valence-electron chi connectivity index (χ1n) is 8.71. The van der Waals surface area contributed by atoms with Crippen molar-refractivity contribution < 1.29 is 16.8 Å². The van der Waals surface area contributed by atoms with Gasteiger partial charge in [-0.3, -0.25) is 0 Å². The Kier molecular flexibility index (Phi) is 4.48. The number of aromatic nitrogens is 2. The van der Waals surface area contributed by atoms with Gasteiger partial charge in [0.25, 0.3) is 0 Å². The second kappa shape index (κ2) is 6.61. The maximum atomic E-state index is 13.1. The van der Waals surface area contributed by atoms with Crippen LogP contribution in [0.1, 0.15) is 17.0 Å². The molecule has 0 bridgehead atoms. The van der Waals surface area contributed by atoms with Gasteiger partial charge in [-0.2, -0.15) is 4.31 Å². The van der Waals surface area contributed by atoms with Crippen molar-refractivity contribution in [1.82, 2.24) is 14.3 Å². The van der Waals surface area contributed by atoms with Crippen LogP contribution < -0.4 is 0 Å². The van der Waals surface area contributed by atoms with Gasteiger partial charge in [0.05, 0.1) is 9.79 Å². The molecule has 0 saturated carbocycles. The summed E-state index contributed by atoms with van der Waals surface area (Å²) in [5, 5.41) is 0.864. The fourth-order valence-electron chi connectivity index (χ4n) is 3.30. The van der Waals surface area contributed by atoms with E-state index in [9.17, 15) is 16.8 Å². The number of fused-ring (bicyclic) bond motifs is 2. The van der Waals surface area contributed by atoms with Crippen LogP contribution in [0.15, 0.2) is 52.3 Å². The lowest BCUT2D eigenvalue weighted by atomic mass is 10.1. The summed E-state index contributed by atoms with van der Waals surface area (Å²) < 4.78 is 51.1. The summed E-state index contributed by atoms with van der Waals surface area (Å²) in [5.41, 5.74) is 3.23. The van der Waals surface area contributed by atoms with Crippen molar-refractivity contribution in [3.63, 3.8) is 0 Å². The summed E-state index contributed by atoms with van der Waals surface area (Å²) in [6.45, 7) is 2.37. The first-order chi connectivity index (χ1) is 13.1. The van der Waals surface area contributed by atoms with Gasteiger partial charge >= 0.3 is 0 Å². The van der Waals surface area contributed by atoms with E-state index >= 15 is 0 Å². The molecule has 4 rings (SSSR count). The van der Waals surface area contributed by atoms with E-state index in [-0.39, 0.29) is 22.9 Å². The molecule has 0 N–H and O–H groups in total. The Morgan fingerprint density at radius 1 is 0.964 bits per heavy atom. The van der Waals surface area contributed by atoms with Crippen LogP contribution in [0.25, 0.3) is 11.0 Å². The average molecular weight is 418 g/mol. The third-order valence-electron chi connectivity index (χ3n) is 4.80. The van der Waals surface area contributed by atoms with E-state index in [1.54, 1.807) is 0 Å². The number of nitrogens with zero attached hydrogens (tertiary/aromatic N) is 3. The van der Waals surface area contributed by atoms with Crippen LogP contribution in [0.2, 0.25) is 0 Å². The molecule has 0 atom stereocenters. The molecule has 3 heterocycles. The maximum absolute atomic E-state index is 13.1. The van der Waals surface area contributed by atoms with Crippen LogP contribution >= 0.6 is 0 Å². The number of rotatable bonds is 3. The summed E-state index contributed by atoms with van der Waals surface area (Å²) in [6.07, 6.45) is 1.54. The molecule has 1 aliphatic rings. The molecule has 0 fully saturated rings. The minimum absolute atomic E-state index is 0.0138. The van der Waals surface area contributed by atoms with Gasteiger partial charge in [-0.1, -0.05) is 6.07 Å². The molecule has 146 valence electrons. The predicted molar refractivity (Wildman–Crippen MR) is 105 cm³/mol. The number of hydrogen-bond acceptors (Lipinski definition) is 6. The summed E-state index contributed by atoms with van der Waals surface area (Å²) in [6, 6.07) is 11.2. The van der Waals surface area contributed by atoms with Crippen LogP contribution in [0.4, 0.5) is 0 Å². The van der Waals surface area contributed by atoms with Gasteiger partial charge < -0.3 is 0 Å². The highest BCUT2D eigenvalue weighted by Crippen LogP contribution is 2.27. The average Bonchev–Trinajstić information content (AvgIpc) is 2.65. The van der Waals surface area contributed by atoms with Crippen LogP contribution in [-0.4, -0.2) is 43.9 Å². The van der Waals surface area contributed by atoms with E-state index in [1.165, 1.54) is 28.6 Å². The number of hydrogen-bond donors (Lipinski definition) is 0. The van der Waals surface area contributed by atoms with E-state index < -0.39 is 19.9 Å². The molecule has 0 radical (unpaired) electrons. The number of sulfone groups is 1. The van der Waals surface area contributed by atoms with Crippen LogP contribution in [-0.2, 0) is 32.8 Å². The molecular weight excluding hydrogens is 398 g/mol. The van der Waals surface area contributed by atoms with Crippen molar-refractivity contribution in [2.24, 2.45) is 0 Å². The molecule has 28 heavy (non-hydrogen) atoms. The second-order valence-electron chi connectivity index (χ2n) is 6.93. The van der Waals surface area contributed by atoms with Crippen molar-refractivity contribution in [3.8, 4) is 0 Å². The summed E-state index contributed by atoms with van der Waals surface area (Å²) in [7, 11) is -7.31. The van der Waals surface area contributed by atoms with E-state index in [2.05, 4.69) is 9.97 Å². The number of sulfonamides is 1. The Morgan fingerprint density at radius 3 is 2.46 bits per heavy atom. The quantitative estimate of drug-likeness (QED) is 0.647. The third kappa shape index (κ3) is 3.41. The largest absolute Gasteiger partial charge is 0.243 e. The van der Waals surface area contributed by atoms with Crippen molar-refractivity contribution in [2.75, 3.05) is 12.8 Å². The minimum atomic E-state index is -3.82. The molecule has 0 amide bonds. The molecule has 3 aromatic rings. The lowest BCUT2D eigenvalue weighted by Gasteiger charge is -2.27. The standard InChI is InChI=1S/C19H19N3O4S2/c1-13-6-7-14-10-15-12-22(9-8-18(15)21-19(14)20-13)28(25,26)17-5-3-4-16(11-17)27(2,23)24/h3-7,10-11H,8-9,12H2,1-2H3. The van der Waals surface area contributed by atoms with E-state index in [1.807, 2.05) is 25.1 Å². The van der Waals surface area contributed by atoms with Crippen molar-refractivity contribution in [2.45, 2.75) is 29.7 Å². The summed E-state index contributed by atoms with van der Waals surface area (Å²) in [4.78, 5) is 9.00. The first-order valence-corrected chi connectivity index (χ1v) is 12.0. The van der Waals surface area contributed by atoms with Crippen molar-refractivity contribution in [1.29, 1.82) is 0 Å². The third-order valence-corrected chi connectivity index (χ3v) is 7.75. The van der Waals surface area contributed by atoms with Crippen molar-refractivity contribution >= 4 is 30.9 Å². The molecule has 0 saturated heterocycles. The predicted octanol–water partition coefficient (Wildman–Crippen LogP) is 2.09. The summed E-state index contributed by atoms with van der Waals surface area (Å²) >= 11 is 0. The number of benzene rings is 1. The van der Waals surface area contributed by atoms with Gasteiger partial charge in [0.1, 0.15) is 0 Å². The normalized spacial score (nSPS) is 15.5. The van der Waals surface area contributed by atoms with Crippen molar-refractivity contribution in [3.05, 3.63) is 59.4 Å². The Bertz CT molecular complexity index is 1300. The molecule has 9 heteroatoms.